The van der Waals surface area contributed by atoms with Crippen LogP contribution in [-0.4, -0.2) is 67.2 Å². The average molecular weight is 681 g/mol. The zero-order valence-corrected chi connectivity index (χ0v) is 32.4. The van der Waals surface area contributed by atoms with Gasteiger partial charge in [-0.05, 0) is 77.2 Å². The van der Waals surface area contributed by atoms with E-state index in [1.54, 1.807) is 14.2 Å². The van der Waals surface area contributed by atoms with Crippen LogP contribution in [0.25, 0.3) is 0 Å². The van der Waals surface area contributed by atoms with E-state index in [9.17, 15) is 5.11 Å². The van der Waals surface area contributed by atoms with Gasteiger partial charge < -0.3 is 32.9 Å². The molecule has 0 spiro atoms. The molecule has 1 heterocycles. The lowest BCUT2D eigenvalue weighted by Gasteiger charge is -2.44. The van der Waals surface area contributed by atoms with Crippen LogP contribution in [0.15, 0.2) is 78.9 Å². The summed E-state index contributed by atoms with van der Waals surface area (Å²) in [5, 5.41) is 11.4. The molecule has 3 aromatic rings. The minimum absolute atomic E-state index is 0.0615. The van der Waals surface area contributed by atoms with Crippen molar-refractivity contribution < 1.29 is 32.9 Å². The molecule has 258 valence electrons. The smallest absolute Gasteiger partial charge is 0.192 e. The molecule has 1 aliphatic heterocycles. The van der Waals surface area contributed by atoms with Gasteiger partial charge in [0.2, 0.25) is 0 Å². The molecule has 3 aromatic carbocycles. The molecule has 1 saturated heterocycles. The van der Waals surface area contributed by atoms with Crippen LogP contribution in [0.2, 0.25) is 36.3 Å². The van der Waals surface area contributed by atoms with Gasteiger partial charge in [0.05, 0.1) is 20.8 Å². The molecule has 0 bridgehead atoms. The molecular formula is C38H56O7Si2. The highest BCUT2D eigenvalue weighted by Crippen LogP contribution is 2.46. The Morgan fingerprint density at radius 1 is 0.617 bits per heavy atom. The molecule has 0 unspecified atom stereocenters. The van der Waals surface area contributed by atoms with Crippen LogP contribution in [0.4, 0.5) is 0 Å². The lowest BCUT2D eigenvalue weighted by molar-refractivity contribution is -0.143. The standard InChI is InChI=1S/C38H56O7Si2/c1-36(2,3)46(9,10)44-33-32(43-35(39)34(33)45-47(11,12)37(4,5)6)26-42-38(27-16-14-13-15-17-27,28-18-22-30(40-7)23-19-28)29-20-24-31(41-8)25-21-29/h13-25,32-35,39H,26H2,1-12H3/t32-,33-,34+,35+/m1/s1. The quantitative estimate of drug-likeness (QED) is 0.152. The van der Waals surface area contributed by atoms with E-state index in [0.717, 1.165) is 28.2 Å². The van der Waals surface area contributed by atoms with Crippen molar-refractivity contribution in [1.82, 2.24) is 0 Å². The SMILES string of the molecule is COc1ccc(C(OC[C@H]2O[C@H](O)[C@@H](O[Si](C)(C)C(C)(C)C)[C@@H]2O[Si](C)(C)C(C)(C)C)(c2ccccc2)c2ccc(OC)cc2)cc1. The number of hydrogen-bond acceptors (Lipinski definition) is 7. The summed E-state index contributed by atoms with van der Waals surface area (Å²) in [6.45, 7) is 22.2. The first-order chi connectivity index (χ1) is 21.9. The number of benzene rings is 3. The molecule has 7 nitrogen and oxygen atoms in total. The van der Waals surface area contributed by atoms with E-state index in [1.165, 1.54) is 0 Å². The van der Waals surface area contributed by atoms with Gasteiger partial charge in [-0.2, -0.15) is 0 Å². The van der Waals surface area contributed by atoms with Gasteiger partial charge in [0.1, 0.15) is 35.4 Å². The molecule has 9 heteroatoms. The Bertz CT molecular complexity index is 1380. The second-order valence-electron chi connectivity index (χ2n) is 15.6. The third-order valence-electron chi connectivity index (χ3n) is 10.4. The zero-order valence-electron chi connectivity index (χ0n) is 30.4. The molecule has 0 saturated carbocycles. The maximum absolute atomic E-state index is 11.5. The van der Waals surface area contributed by atoms with Gasteiger partial charge in [0.25, 0.3) is 0 Å². The Morgan fingerprint density at radius 2 is 1.02 bits per heavy atom. The number of hydrogen-bond donors (Lipinski definition) is 1. The average Bonchev–Trinajstić information content (AvgIpc) is 3.29. The lowest BCUT2D eigenvalue weighted by atomic mass is 9.80. The zero-order chi connectivity index (χ0) is 34.8. The molecule has 4 rings (SSSR count). The minimum atomic E-state index is -2.33. The molecular weight excluding hydrogens is 625 g/mol. The van der Waals surface area contributed by atoms with Crippen molar-refractivity contribution in [3.05, 3.63) is 95.6 Å². The van der Waals surface area contributed by atoms with Crippen molar-refractivity contribution in [3.8, 4) is 11.5 Å². The predicted octanol–water partition coefficient (Wildman–Crippen LogP) is 8.51. The second kappa shape index (κ2) is 14.2. The summed E-state index contributed by atoms with van der Waals surface area (Å²) in [7, 11) is -1.32. The van der Waals surface area contributed by atoms with Gasteiger partial charge in [-0.1, -0.05) is 96.1 Å². The second-order valence-corrected chi connectivity index (χ2v) is 25.1. The normalized spacial score (nSPS) is 21.1. The summed E-state index contributed by atoms with van der Waals surface area (Å²) < 4.78 is 38.6. The van der Waals surface area contributed by atoms with Gasteiger partial charge in [0, 0.05) is 0 Å². The monoisotopic (exact) mass is 680 g/mol. The van der Waals surface area contributed by atoms with Gasteiger partial charge in [-0.3, -0.25) is 0 Å². The lowest BCUT2D eigenvalue weighted by Crippen LogP contribution is -2.54. The third kappa shape index (κ3) is 7.88. The van der Waals surface area contributed by atoms with Crippen LogP contribution < -0.4 is 9.47 Å². The van der Waals surface area contributed by atoms with Crippen molar-refractivity contribution in [2.75, 3.05) is 20.8 Å². The molecule has 0 radical (unpaired) electrons. The largest absolute Gasteiger partial charge is 0.497 e. The first-order valence-electron chi connectivity index (χ1n) is 16.5. The van der Waals surface area contributed by atoms with Crippen LogP contribution in [0.1, 0.15) is 58.2 Å². The third-order valence-corrected chi connectivity index (χ3v) is 19.3. The maximum Gasteiger partial charge on any atom is 0.192 e. The Balaban J connectivity index is 1.83. The molecule has 0 aliphatic carbocycles. The predicted molar refractivity (Wildman–Crippen MR) is 193 cm³/mol. The van der Waals surface area contributed by atoms with E-state index >= 15 is 0 Å². The van der Waals surface area contributed by atoms with E-state index in [-0.39, 0.29) is 16.7 Å². The van der Waals surface area contributed by atoms with Gasteiger partial charge >= 0.3 is 0 Å². The first kappa shape index (κ1) is 37.3. The van der Waals surface area contributed by atoms with Crippen LogP contribution in [0.3, 0.4) is 0 Å². The van der Waals surface area contributed by atoms with Crippen molar-refractivity contribution in [1.29, 1.82) is 0 Å². The van der Waals surface area contributed by atoms with Crippen LogP contribution in [0, 0.1) is 0 Å². The molecule has 1 N–H and O–H groups in total. The fourth-order valence-corrected chi connectivity index (χ4v) is 8.03. The van der Waals surface area contributed by atoms with Gasteiger partial charge in [-0.15, -0.1) is 0 Å². The molecule has 47 heavy (non-hydrogen) atoms. The summed E-state index contributed by atoms with van der Waals surface area (Å²) in [6, 6.07) is 26.1. The topological polar surface area (TPSA) is 75.6 Å². The van der Waals surface area contributed by atoms with Crippen LogP contribution in [-0.2, 0) is 23.9 Å². The molecule has 1 aliphatic rings. The Hall–Kier alpha value is -2.51. The number of rotatable bonds is 12. The summed E-state index contributed by atoms with van der Waals surface area (Å²) in [5.74, 6) is 1.50. The maximum atomic E-state index is 11.5. The van der Waals surface area contributed by atoms with Gasteiger partial charge in [0.15, 0.2) is 22.9 Å². The first-order valence-corrected chi connectivity index (χ1v) is 22.4. The van der Waals surface area contributed by atoms with Crippen molar-refractivity contribution >= 4 is 16.6 Å². The van der Waals surface area contributed by atoms with Crippen LogP contribution in [0.5, 0.6) is 11.5 Å². The summed E-state index contributed by atoms with van der Waals surface area (Å²) >= 11 is 0. The van der Waals surface area contributed by atoms with E-state index in [4.69, 9.17) is 27.8 Å². The van der Waals surface area contributed by atoms with Gasteiger partial charge in [-0.25, -0.2) is 0 Å². The Morgan fingerprint density at radius 3 is 1.43 bits per heavy atom. The number of aliphatic hydroxyl groups excluding tert-OH is 1. The molecule has 4 atom stereocenters. The minimum Gasteiger partial charge on any atom is -0.497 e. The highest BCUT2D eigenvalue weighted by Gasteiger charge is 2.54. The Kier molecular flexibility index (Phi) is 11.2. The van der Waals surface area contributed by atoms with Crippen LogP contribution >= 0.6 is 0 Å². The number of methoxy groups -OCH3 is 2. The van der Waals surface area contributed by atoms with E-state index in [0.29, 0.717) is 0 Å². The highest BCUT2D eigenvalue weighted by atomic mass is 28.4. The van der Waals surface area contributed by atoms with E-state index < -0.39 is 46.8 Å². The fraction of sp³-hybridized carbons (Fsp3) is 0.526. The van der Waals surface area contributed by atoms with Crippen molar-refractivity contribution in [2.24, 2.45) is 0 Å². The van der Waals surface area contributed by atoms with E-state index in [2.05, 4.69) is 79.9 Å². The number of ether oxygens (including phenoxy) is 4. The van der Waals surface area contributed by atoms with Crippen molar-refractivity contribution in [3.63, 3.8) is 0 Å². The summed E-state index contributed by atoms with van der Waals surface area (Å²) in [5.41, 5.74) is 1.76. The van der Waals surface area contributed by atoms with Crippen molar-refractivity contribution in [2.45, 2.75) is 108 Å². The molecule has 0 aromatic heterocycles. The highest BCUT2D eigenvalue weighted by molar-refractivity contribution is 6.74. The molecule has 0 amide bonds. The summed E-state index contributed by atoms with van der Waals surface area (Å²) in [4.78, 5) is 0. The Labute approximate surface area is 284 Å². The van der Waals surface area contributed by atoms with E-state index in [1.807, 2.05) is 66.7 Å². The summed E-state index contributed by atoms with van der Waals surface area (Å²) in [6.07, 6.45) is -2.92. The molecule has 1 fully saturated rings. The number of aliphatic hydroxyl groups is 1. The fourth-order valence-electron chi connectivity index (χ4n) is 5.43.